The summed E-state index contributed by atoms with van der Waals surface area (Å²) < 4.78 is 5.74. The van der Waals surface area contributed by atoms with Crippen LogP contribution in [0.25, 0.3) is 33.5 Å². The Balaban J connectivity index is 1.91. The number of nitrogens with zero attached hydrogens (tertiary/aromatic N) is 2. The zero-order valence-corrected chi connectivity index (χ0v) is 13.6. The van der Waals surface area contributed by atoms with Crippen LogP contribution in [0.15, 0.2) is 40.9 Å². The molecule has 0 saturated heterocycles. The number of ether oxygens (including phenoxy) is 1. The molecule has 0 spiro atoms. The normalized spacial score (nSPS) is 11.2. The fourth-order valence-corrected chi connectivity index (χ4v) is 2.89. The van der Waals surface area contributed by atoms with E-state index in [2.05, 4.69) is 36.1 Å². The molecule has 2 heterocycles. The van der Waals surface area contributed by atoms with Crippen molar-refractivity contribution in [3.8, 4) is 11.5 Å². The second kappa shape index (κ2) is 5.20. The van der Waals surface area contributed by atoms with Gasteiger partial charge < -0.3 is 9.72 Å². The predicted molar refractivity (Wildman–Crippen MR) is 90.2 cm³/mol. The number of H-pyrrole nitrogens is 2. The van der Waals surface area contributed by atoms with Crippen LogP contribution in [0.1, 0.15) is 10.4 Å². The highest BCUT2D eigenvalue weighted by molar-refractivity contribution is 9.10. The van der Waals surface area contributed by atoms with Crippen molar-refractivity contribution in [3.05, 3.63) is 46.4 Å². The lowest BCUT2D eigenvalue weighted by molar-refractivity contribution is 0.0601. The summed E-state index contributed by atoms with van der Waals surface area (Å²) in [6.45, 7) is 0. The second-order valence-electron chi connectivity index (χ2n) is 5.07. The molecular formula is C16H11BrN4O2. The third kappa shape index (κ3) is 2.29. The van der Waals surface area contributed by atoms with Crippen molar-refractivity contribution in [2.45, 2.75) is 0 Å². The molecule has 0 amide bonds. The average Bonchev–Trinajstić information content (AvgIpc) is 3.16. The Morgan fingerprint density at radius 3 is 2.87 bits per heavy atom. The second-order valence-corrected chi connectivity index (χ2v) is 5.99. The van der Waals surface area contributed by atoms with Crippen molar-refractivity contribution < 1.29 is 9.53 Å². The van der Waals surface area contributed by atoms with E-state index >= 15 is 0 Å². The maximum Gasteiger partial charge on any atom is 0.337 e. The van der Waals surface area contributed by atoms with E-state index in [9.17, 15) is 4.79 Å². The van der Waals surface area contributed by atoms with Crippen LogP contribution >= 0.6 is 15.9 Å². The smallest absolute Gasteiger partial charge is 0.337 e. The van der Waals surface area contributed by atoms with Crippen LogP contribution in [0.5, 0.6) is 0 Å². The van der Waals surface area contributed by atoms with Crippen molar-refractivity contribution in [3.63, 3.8) is 0 Å². The topological polar surface area (TPSA) is 83.7 Å². The highest BCUT2D eigenvalue weighted by Gasteiger charge is 2.15. The molecule has 7 heteroatoms. The molecule has 6 nitrogen and oxygen atoms in total. The molecule has 23 heavy (non-hydrogen) atoms. The number of hydrogen-bond donors (Lipinski definition) is 2. The highest BCUT2D eigenvalue weighted by Crippen LogP contribution is 2.28. The Labute approximate surface area is 139 Å². The highest BCUT2D eigenvalue weighted by atomic mass is 79.9. The van der Waals surface area contributed by atoms with Crippen LogP contribution in [0.2, 0.25) is 0 Å². The predicted octanol–water partition coefficient (Wildman–Crippen LogP) is 3.66. The fourth-order valence-electron chi connectivity index (χ4n) is 2.53. The van der Waals surface area contributed by atoms with Gasteiger partial charge in [-0.05, 0) is 36.4 Å². The molecule has 2 N–H and O–H groups in total. The summed E-state index contributed by atoms with van der Waals surface area (Å²) in [6.07, 6.45) is 0. The molecule has 0 fully saturated rings. The van der Waals surface area contributed by atoms with Crippen molar-refractivity contribution in [2.24, 2.45) is 0 Å². The summed E-state index contributed by atoms with van der Waals surface area (Å²) in [7, 11) is 1.36. The molecule has 0 aliphatic carbocycles. The molecule has 2 aromatic heterocycles. The molecule has 0 unspecified atom stereocenters. The van der Waals surface area contributed by atoms with E-state index in [1.807, 2.05) is 18.2 Å². The first-order chi connectivity index (χ1) is 11.2. The van der Waals surface area contributed by atoms with E-state index in [0.29, 0.717) is 17.1 Å². The summed E-state index contributed by atoms with van der Waals surface area (Å²) in [4.78, 5) is 19.5. The molecule has 4 aromatic rings. The van der Waals surface area contributed by atoms with E-state index in [1.54, 1.807) is 18.2 Å². The number of fused-ring (bicyclic) bond motifs is 2. The molecular weight excluding hydrogens is 360 g/mol. The van der Waals surface area contributed by atoms with Crippen LogP contribution in [0.4, 0.5) is 0 Å². The van der Waals surface area contributed by atoms with Crippen LogP contribution in [0, 0.1) is 0 Å². The molecule has 0 aliphatic heterocycles. The molecule has 2 aromatic carbocycles. The van der Waals surface area contributed by atoms with Crippen molar-refractivity contribution in [1.82, 2.24) is 20.2 Å². The van der Waals surface area contributed by atoms with Crippen LogP contribution in [0.3, 0.4) is 0 Å². The van der Waals surface area contributed by atoms with Crippen molar-refractivity contribution >= 4 is 43.8 Å². The summed E-state index contributed by atoms with van der Waals surface area (Å²) in [5.74, 6) is 0.263. The summed E-state index contributed by atoms with van der Waals surface area (Å²) in [5, 5.41) is 8.09. The number of aromatic amines is 2. The minimum absolute atomic E-state index is 0.382. The molecule has 114 valence electrons. The van der Waals surface area contributed by atoms with E-state index < -0.39 is 0 Å². The van der Waals surface area contributed by atoms with Gasteiger partial charge in [-0.15, -0.1) is 0 Å². The molecule has 0 atom stereocenters. The number of aromatic nitrogens is 4. The Morgan fingerprint density at radius 2 is 2.04 bits per heavy atom. The van der Waals surface area contributed by atoms with Crippen molar-refractivity contribution in [2.75, 3.05) is 7.11 Å². The summed E-state index contributed by atoms with van der Waals surface area (Å²) in [5.41, 5.74) is 3.73. The zero-order valence-electron chi connectivity index (χ0n) is 12.1. The standard InChI is InChI=1S/C16H11BrN4O2/c1-23-16(22)8-2-4-11-10(6-8)14(21-20-11)15-18-12-5-3-9(17)7-13(12)19-15/h2-7H,1H3,(H,18,19)(H,20,21). The summed E-state index contributed by atoms with van der Waals surface area (Å²) in [6, 6.07) is 11.1. The SMILES string of the molecule is COC(=O)c1ccc2[nH]nc(-c3nc4ccc(Br)cc4[nH]3)c2c1. The van der Waals surface area contributed by atoms with Gasteiger partial charge in [0.25, 0.3) is 0 Å². The largest absolute Gasteiger partial charge is 0.465 e. The minimum Gasteiger partial charge on any atom is -0.465 e. The summed E-state index contributed by atoms with van der Waals surface area (Å²) >= 11 is 3.44. The van der Waals surface area contributed by atoms with Gasteiger partial charge in [0.1, 0.15) is 5.69 Å². The van der Waals surface area contributed by atoms with Gasteiger partial charge in [-0.2, -0.15) is 5.10 Å². The minimum atomic E-state index is -0.382. The number of benzene rings is 2. The van der Waals surface area contributed by atoms with E-state index in [0.717, 1.165) is 26.4 Å². The lowest BCUT2D eigenvalue weighted by atomic mass is 10.1. The van der Waals surface area contributed by atoms with E-state index in [4.69, 9.17) is 4.74 Å². The van der Waals surface area contributed by atoms with Gasteiger partial charge in [0.05, 0.1) is 29.2 Å². The number of imidazole rings is 1. The molecule has 0 saturated carbocycles. The third-order valence-corrected chi connectivity index (χ3v) is 4.15. The van der Waals surface area contributed by atoms with Crippen LogP contribution < -0.4 is 0 Å². The molecule has 4 rings (SSSR count). The number of nitrogens with one attached hydrogen (secondary N) is 2. The molecule has 0 bridgehead atoms. The molecule has 0 aliphatic rings. The number of carbonyl (C=O) groups excluding carboxylic acids is 1. The number of halogens is 1. The quantitative estimate of drug-likeness (QED) is 0.527. The maximum atomic E-state index is 11.7. The molecule has 0 radical (unpaired) electrons. The van der Waals surface area contributed by atoms with Crippen molar-refractivity contribution in [1.29, 1.82) is 0 Å². The Morgan fingerprint density at radius 1 is 1.17 bits per heavy atom. The van der Waals surface area contributed by atoms with Gasteiger partial charge in [0.2, 0.25) is 0 Å². The number of rotatable bonds is 2. The Hall–Kier alpha value is -2.67. The lowest BCUT2D eigenvalue weighted by Crippen LogP contribution is -2.00. The number of carbonyl (C=O) groups is 1. The Bertz CT molecular complexity index is 1050. The number of methoxy groups -OCH3 is 1. The first-order valence-corrected chi connectivity index (χ1v) is 7.67. The van der Waals surface area contributed by atoms with E-state index in [-0.39, 0.29) is 5.97 Å². The first kappa shape index (κ1) is 14.0. The monoisotopic (exact) mass is 370 g/mol. The Kier molecular flexibility index (Phi) is 3.16. The van der Waals surface area contributed by atoms with Gasteiger partial charge in [-0.1, -0.05) is 15.9 Å². The fraction of sp³-hybridized carbons (Fsp3) is 0.0625. The van der Waals surface area contributed by atoms with Gasteiger partial charge in [0.15, 0.2) is 5.82 Å². The zero-order chi connectivity index (χ0) is 16.0. The number of esters is 1. The van der Waals surface area contributed by atoms with E-state index in [1.165, 1.54) is 7.11 Å². The third-order valence-electron chi connectivity index (χ3n) is 3.65. The maximum absolute atomic E-state index is 11.7. The van der Waals surface area contributed by atoms with Gasteiger partial charge in [0, 0.05) is 9.86 Å². The van der Waals surface area contributed by atoms with Crippen LogP contribution in [-0.4, -0.2) is 33.2 Å². The van der Waals surface area contributed by atoms with Gasteiger partial charge in [-0.3, -0.25) is 5.10 Å². The van der Waals surface area contributed by atoms with Crippen LogP contribution in [-0.2, 0) is 4.74 Å². The number of hydrogen-bond acceptors (Lipinski definition) is 4. The lowest BCUT2D eigenvalue weighted by Gasteiger charge is -1.99. The van der Waals surface area contributed by atoms with Gasteiger partial charge in [-0.25, -0.2) is 9.78 Å². The average molecular weight is 371 g/mol. The van der Waals surface area contributed by atoms with Gasteiger partial charge >= 0.3 is 5.97 Å². The first-order valence-electron chi connectivity index (χ1n) is 6.88.